The van der Waals surface area contributed by atoms with Gasteiger partial charge in [-0.2, -0.15) is 0 Å². The highest BCUT2D eigenvalue weighted by molar-refractivity contribution is 5.72. The Balaban J connectivity index is 0.000000263. The van der Waals surface area contributed by atoms with Gasteiger partial charge in [-0.1, -0.05) is 52.0 Å². The van der Waals surface area contributed by atoms with Crippen LogP contribution in [0.15, 0.2) is 24.3 Å². The molecule has 0 radical (unpaired) electrons. The van der Waals surface area contributed by atoms with Crippen molar-refractivity contribution in [2.75, 3.05) is 7.11 Å². The van der Waals surface area contributed by atoms with Crippen LogP contribution in [0.25, 0.3) is 0 Å². The van der Waals surface area contributed by atoms with Crippen LogP contribution in [0.2, 0.25) is 0 Å². The number of carbonyl (C=O) groups is 1. The summed E-state index contributed by atoms with van der Waals surface area (Å²) >= 11 is 0. The topological polar surface area (TPSA) is 76.0 Å². The Hall–Kier alpha value is -1.43. The first-order valence-electron chi connectivity index (χ1n) is 9.38. The molecule has 2 rings (SSSR count). The van der Waals surface area contributed by atoms with Crippen molar-refractivity contribution in [1.29, 1.82) is 0 Å². The number of aliphatic carboxylic acids is 1. The first-order chi connectivity index (χ1) is 12.2. The molecule has 3 unspecified atom stereocenters. The molecule has 1 aliphatic heterocycles. The van der Waals surface area contributed by atoms with Crippen molar-refractivity contribution in [3.8, 4) is 0 Å². The van der Waals surface area contributed by atoms with E-state index in [1.807, 2.05) is 0 Å². The van der Waals surface area contributed by atoms with E-state index in [4.69, 9.17) is 14.6 Å². The first kappa shape index (κ1) is 22.6. The molecule has 1 saturated heterocycles. The number of ether oxygens (including phenoxy) is 2. The van der Waals surface area contributed by atoms with E-state index in [1.54, 1.807) is 0 Å². The van der Waals surface area contributed by atoms with Gasteiger partial charge >= 0.3 is 5.97 Å². The summed E-state index contributed by atoms with van der Waals surface area (Å²) in [6.45, 7) is 9.09. The largest absolute Gasteiger partial charge is 0.479 e. The van der Waals surface area contributed by atoms with Crippen molar-refractivity contribution in [1.82, 2.24) is 0 Å². The second kappa shape index (κ2) is 11.3. The Morgan fingerprint density at radius 3 is 2.12 bits per heavy atom. The first-order valence-corrected chi connectivity index (χ1v) is 9.38. The average molecular weight is 366 g/mol. The monoisotopic (exact) mass is 366 g/mol. The van der Waals surface area contributed by atoms with Gasteiger partial charge in [-0.15, -0.1) is 0 Å². The standard InChI is InChI=1S/C14H22.C7H12O5/c1-11(2)8-13-6-5-7-14(10-13)9-12(3)4;1-11-6-3-4(8)2-5(12-6)7(9)10/h5-7,10-12H,8-9H2,1-4H3;4-6,8H,2-3H2,1H3,(H,9,10). The van der Waals surface area contributed by atoms with Gasteiger partial charge in [0, 0.05) is 20.0 Å². The molecule has 1 aromatic rings. The summed E-state index contributed by atoms with van der Waals surface area (Å²) in [5, 5.41) is 17.8. The van der Waals surface area contributed by atoms with E-state index in [2.05, 4.69) is 52.0 Å². The highest BCUT2D eigenvalue weighted by atomic mass is 16.7. The van der Waals surface area contributed by atoms with Gasteiger partial charge in [-0.05, 0) is 35.8 Å². The molecule has 0 bridgehead atoms. The molecule has 0 aromatic heterocycles. The van der Waals surface area contributed by atoms with E-state index in [-0.39, 0.29) is 6.42 Å². The number of hydrogen-bond acceptors (Lipinski definition) is 4. The summed E-state index contributed by atoms with van der Waals surface area (Å²) in [4.78, 5) is 10.5. The molecule has 2 N–H and O–H groups in total. The summed E-state index contributed by atoms with van der Waals surface area (Å²) in [6.07, 6.45) is 0.672. The number of rotatable bonds is 6. The zero-order chi connectivity index (χ0) is 19.7. The Morgan fingerprint density at radius 1 is 1.15 bits per heavy atom. The lowest BCUT2D eigenvalue weighted by molar-refractivity contribution is -0.213. The maximum atomic E-state index is 10.5. The number of aliphatic hydroxyl groups excluding tert-OH is 1. The minimum atomic E-state index is -1.06. The lowest BCUT2D eigenvalue weighted by Gasteiger charge is -2.29. The molecule has 1 heterocycles. The number of methoxy groups -OCH3 is 1. The maximum absolute atomic E-state index is 10.5. The zero-order valence-corrected chi connectivity index (χ0v) is 16.6. The van der Waals surface area contributed by atoms with Crippen LogP contribution < -0.4 is 0 Å². The SMILES string of the molecule is CC(C)Cc1cccc(CC(C)C)c1.COC1CC(O)CC(C(=O)O)O1. The Morgan fingerprint density at radius 2 is 1.69 bits per heavy atom. The van der Waals surface area contributed by atoms with Crippen LogP contribution in [0.4, 0.5) is 0 Å². The van der Waals surface area contributed by atoms with E-state index in [1.165, 1.54) is 31.1 Å². The minimum Gasteiger partial charge on any atom is -0.479 e. The molecule has 0 aliphatic carbocycles. The van der Waals surface area contributed by atoms with Crippen LogP contribution in [0.1, 0.15) is 51.7 Å². The fraction of sp³-hybridized carbons (Fsp3) is 0.667. The molecule has 1 aromatic carbocycles. The molecule has 1 aliphatic rings. The summed E-state index contributed by atoms with van der Waals surface area (Å²) < 4.78 is 9.78. The summed E-state index contributed by atoms with van der Waals surface area (Å²) in [5.41, 5.74) is 2.97. The van der Waals surface area contributed by atoms with Crippen molar-refractivity contribution < 1.29 is 24.5 Å². The predicted octanol–water partition coefficient (Wildman–Crippen LogP) is 3.67. The van der Waals surface area contributed by atoms with E-state index in [9.17, 15) is 9.90 Å². The van der Waals surface area contributed by atoms with Crippen molar-refractivity contribution in [2.45, 2.75) is 71.9 Å². The van der Waals surface area contributed by atoms with Crippen molar-refractivity contribution in [2.24, 2.45) is 11.8 Å². The molecule has 1 fully saturated rings. The van der Waals surface area contributed by atoms with Gasteiger partial charge in [0.15, 0.2) is 12.4 Å². The number of hydrogen-bond donors (Lipinski definition) is 2. The van der Waals surface area contributed by atoms with E-state index in [0.29, 0.717) is 6.42 Å². The van der Waals surface area contributed by atoms with Crippen LogP contribution in [0.3, 0.4) is 0 Å². The van der Waals surface area contributed by atoms with E-state index in [0.717, 1.165) is 11.8 Å². The third-order valence-electron chi connectivity index (χ3n) is 4.08. The third-order valence-corrected chi connectivity index (χ3v) is 4.08. The normalized spacial score (nSPS) is 22.8. The Labute approximate surface area is 157 Å². The van der Waals surface area contributed by atoms with Gasteiger partial charge in [-0.25, -0.2) is 4.79 Å². The molecule has 148 valence electrons. The van der Waals surface area contributed by atoms with Gasteiger partial charge < -0.3 is 19.7 Å². The highest BCUT2D eigenvalue weighted by Crippen LogP contribution is 2.20. The average Bonchev–Trinajstić information content (AvgIpc) is 2.53. The molecule has 0 spiro atoms. The van der Waals surface area contributed by atoms with Crippen LogP contribution in [0.5, 0.6) is 0 Å². The van der Waals surface area contributed by atoms with Crippen LogP contribution in [-0.2, 0) is 27.1 Å². The summed E-state index contributed by atoms with van der Waals surface area (Å²) in [7, 11) is 1.42. The van der Waals surface area contributed by atoms with Gasteiger partial charge in [0.25, 0.3) is 0 Å². The molecule has 5 heteroatoms. The van der Waals surface area contributed by atoms with Crippen molar-refractivity contribution >= 4 is 5.97 Å². The molecule has 26 heavy (non-hydrogen) atoms. The molecule has 0 saturated carbocycles. The zero-order valence-electron chi connectivity index (χ0n) is 16.6. The molecular weight excluding hydrogens is 332 g/mol. The lowest BCUT2D eigenvalue weighted by atomic mass is 9.97. The summed E-state index contributed by atoms with van der Waals surface area (Å²) in [6, 6.07) is 9.03. The fourth-order valence-electron chi connectivity index (χ4n) is 3.00. The molecule has 5 nitrogen and oxygen atoms in total. The molecular formula is C21H34O5. The fourth-order valence-corrected chi connectivity index (χ4v) is 3.00. The number of aliphatic hydroxyl groups is 1. The molecule has 3 atom stereocenters. The van der Waals surface area contributed by atoms with Crippen molar-refractivity contribution in [3.05, 3.63) is 35.4 Å². The van der Waals surface area contributed by atoms with Crippen molar-refractivity contribution in [3.63, 3.8) is 0 Å². The van der Waals surface area contributed by atoms with Crippen LogP contribution >= 0.6 is 0 Å². The second-order valence-corrected chi connectivity index (χ2v) is 7.77. The maximum Gasteiger partial charge on any atom is 0.333 e. The Kier molecular flexibility index (Phi) is 9.84. The highest BCUT2D eigenvalue weighted by Gasteiger charge is 2.32. The smallest absolute Gasteiger partial charge is 0.333 e. The predicted molar refractivity (Wildman–Crippen MR) is 102 cm³/mol. The number of carboxylic acid groups (broad SMARTS) is 1. The number of benzene rings is 1. The van der Waals surface area contributed by atoms with Gasteiger partial charge in [-0.3, -0.25) is 0 Å². The van der Waals surface area contributed by atoms with Crippen LogP contribution in [-0.4, -0.2) is 41.8 Å². The van der Waals surface area contributed by atoms with Crippen LogP contribution in [0, 0.1) is 11.8 Å². The summed E-state index contributed by atoms with van der Waals surface area (Å²) in [5.74, 6) is 0.449. The Bertz CT molecular complexity index is 516. The van der Waals surface area contributed by atoms with E-state index >= 15 is 0 Å². The third kappa shape index (κ3) is 8.79. The van der Waals surface area contributed by atoms with E-state index < -0.39 is 24.5 Å². The quantitative estimate of drug-likeness (QED) is 0.803. The van der Waals surface area contributed by atoms with Gasteiger partial charge in [0.05, 0.1) is 6.10 Å². The lowest BCUT2D eigenvalue weighted by Crippen LogP contribution is -2.40. The minimum absolute atomic E-state index is 0.134. The second-order valence-electron chi connectivity index (χ2n) is 7.77. The van der Waals surface area contributed by atoms with Gasteiger partial charge in [0.1, 0.15) is 0 Å². The molecule has 0 amide bonds. The van der Waals surface area contributed by atoms with Gasteiger partial charge in [0.2, 0.25) is 0 Å². The number of carboxylic acids is 1.